The molecule has 3 heteroatoms. The van der Waals surface area contributed by atoms with Crippen molar-refractivity contribution in [2.24, 2.45) is 23.5 Å². The Kier molecular flexibility index (Phi) is 12.5. The van der Waals surface area contributed by atoms with Gasteiger partial charge >= 0.3 is 0 Å². The minimum Gasteiger partial charge on any atom is -0.328 e. The highest BCUT2D eigenvalue weighted by atomic mass is 15.3. The Bertz CT molecular complexity index is 607. The molecule has 3 atom stereocenters. The Morgan fingerprint density at radius 3 is 2.20 bits per heavy atom. The Balaban J connectivity index is 0.000000230. The van der Waals surface area contributed by atoms with Crippen LogP contribution in [0.4, 0.5) is 0 Å². The molecule has 1 fully saturated rings. The summed E-state index contributed by atoms with van der Waals surface area (Å²) in [4.78, 5) is 0. The molecule has 1 aromatic rings. The summed E-state index contributed by atoms with van der Waals surface area (Å²) in [5.74, 6) is 2.35. The minimum absolute atomic E-state index is 0.447. The van der Waals surface area contributed by atoms with Crippen LogP contribution in [0.1, 0.15) is 83.4 Å². The van der Waals surface area contributed by atoms with Crippen LogP contribution in [0.3, 0.4) is 0 Å². The fourth-order valence-corrected chi connectivity index (χ4v) is 4.13. The van der Waals surface area contributed by atoms with Crippen molar-refractivity contribution in [2.45, 2.75) is 98.6 Å². The monoisotopic (exact) mass is 415 g/mol. The van der Waals surface area contributed by atoms with Gasteiger partial charge in [0.1, 0.15) is 0 Å². The van der Waals surface area contributed by atoms with Crippen molar-refractivity contribution >= 4 is 0 Å². The second kappa shape index (κ2) is 14.0. The van der Waals surface area contributed by atoms with Crippen LogP contribution in [-0.4, -0.2) is 19.1 Å². The summed E-state index contributed by atoms with van der Waals surface area (Å²) in [7, 11) is 1.88. The average molecular weight is 416 g/mol. The molecule has 0 aromatic heterocycles. The van der Waals surface area contributed by atoms with Crippen molar-refractivity contribution in [3.63, 3.8) is 0 Å². The molecule has 0 heterocycles. The van der Waals surface area contributed by atoms with Crippen molar-refractivity contribution in [3.8, 4) is 0 Å². The SMILES string of the molecule is C=C(C)C(C)C(C)NNC.CC1CCC(N)CC1.Cc1ccc2c(c1)CCC(C)C2. The molecule has 0 amide bonds. The molecule has 0 spiro atoms. The van der Waals surface area contributed by atoms with Crippen LogP contribution in [0, 0.1) is 24.7 Å². The van der Waals surface area contributed by atoms with E-state index >= 15 is 0 Å². The van der Waals surface area contributed by atoms with Crippen molar-refractivity contribution in [3.05, 3.63) is 47.0 Å². The third-order valence-electron chi connectivity index (χ3n) is 6.80. The van der Waals surface area contributed by atoms with Crippen molar-refractivity contribution in [1.82, 2.24) is 10.9 Å². The molecule has 0 radical (unpaired) electrons. The van der Waals surface area contributed by atoms with Crippen LogP contribution >= 0.6 is 0 Å². The summed E-state index contributed by atoms with van der Waals surface area (Å²) in [6, 6.07) is 7.85. The maximum absolute atomic E-state index is 5.70. The lowest BCUT2D eigenvalue weighted by Crippen LogP contribution is -2.40. The van der Waals surface area contributed by atoms with Crippen molar-refractivity contribution < 1.29 is 0 Å². The van der Waals surface area contributed by atoms with Gasteiger partial charge in [-0.15, -0.1) is 0 Å². The second-order valence-corrected chi connectivity index (χ2v) is 9.96. The number of hydrogen-bond acceptors (Lipinski definition) is 3. The van der Waals surface area contributed by atoms with Gasteiger partial charge in [0.05, 0.1) is 0 Å². The van der Waals surface area contributed by atoms with Gasteiger partial charge in [-0.2, -0.15) is 0 Å². The second-order valence-electron chi connectivity index (χ2n) is 9.96. The summed E-state index contributed by atoms with van der Waals surface area (Å²) in [6.07, 6.45) is 9.15. The number of fused-ring (bicyclic) bond motifs is 1. The van der Waals surface area contributed by atoms with E-state index in [-0.39, 0.29) is 0 Å². The number of hydrazine groups is 1. The van der Waals surface area contributed by atoms with Gasteiger partial charge in [0, 0.05) is 12.1 Å². The van der Waals surface area contributed by atoms with E-state index in [9.17, 15) is 0 Å². The first kappa shape index (κ1) is 26.9. The predicted octanol–water partition coefficient (Wildman–Crippen LogP) is 5.95. The standard InChI is InChI=1S/C12H16.C8H18N2.C7H15N/c1-9-3-5-12-8-10(2)4-6-11(12)7-9;1-6(2)7(3)8(4)10-9-5;1-6-2-4-7(8)5-3-6/h3,5,7,10H,4,6,8H2,1-2H3;7-10H,1H2,2-5H3;6-7H,2-5,8H2,1H3. The van der Waals surface area contributed by atoms with Gasteiger partial charge in [-0.3, -0.25) is 10.9 Å². The topological polar surface area (TPSA) is 50.1 Å². The number of nitrogens with one attached hydrogen (secondary N) is 2. The molecule has 3 nitrogen and oxygen atoms in total. The summed E-state index contributed by atoms with van der Waals surface area (Å²) < 4.78 is 0. The van der Waals surface area contributed by atoms with Crippen molar-refractivity contribution in [2.75, 3.05) is 7.05 Å². The van der Waals surface area contributed by atoms with Gasteiger partial charge in [-0.05, 0) is 102 Å². The maximum atomic E-state index is 5.70. The van der Waals surface area contributed by atoms with Gasteiger partial charge in [0.2, 0.25) is 0 Å². The molecule has 0 bridgehead atoms. The lowest BCUT2D eigenvalue weighted by atomic mass is 9.84. The number of nitrogens with two attached hydrogens (primary N) is 1. The molecule has 3 rings (SSSR count). The molecule has 4 N–H and O–H groups in total. The van der Waals surface area contributed by atoms with Crippen LogP contribution in [0.25, 0.3) is 0 Å². The molecule has 0 aliphatic heterocycles. The first-order chi connectivity index (χ1) is 14.1. The smallest absolute Gasteiger partial charge is 0.0247 e. The zero-order chi connectivity index (χ0) is 22.7. The van der Waals surface area contributed by atoms with E-state index in [1.807, 2.05) is 7.05 Å². The van der Waals surface area contributed by atoms with Gasteiger partial charge in [-0.25, -0.2) is 0 Å². The van der Waals surface area contributed by atoms with Crippen LogP contribution in [0.5, 0.6) is 0 Å². The molecule has 0 saturated heterocycles. The van der Waals surface area contributed by atoms with Crippen LogP contribution in [0.15, 0.2) is 30.4 Å². The Morgan fingerprint density at radius 2 is 1.67 bits per heavy atom. The van der Waals surface area contributed by atoms with E-state index < -0.39 is 0 Å². The maximum Gasteiger partial charge on any atom is 0.0247 e. The molecule has 30 heavy (non-hydrogen) atoms. The van der Waals surface area contributed by atoms with Crippen LogP contribution < -0.4 is 16.6 Å². The Labute approximate surface area is 187 Å². The molecule has 1 aromatic carbocycles. The van der Waals surface area contributed by atoms with Gasteiger partial charge in [0.25, 0.3) is 0 Å². The number of hydrogen-bond donors (Lipinski definition) is 3. The molecular weight excluding hydrogens is 366 g/mol. The fourth-order valence-electron chi connectivity index (χ4n) is 4.13. The zero-order valence-corrected chi connectivity index (χ0v) is 20.9. The minimum atomic E-state index is 0.447. The van der Waals surface area contributed by atoms with E-state index in [0.29, 0.717) is 18.0 Å². The highest BCUT2D eigenvalue weighted by Gasteiger charge is 2.14. The predicted molar refractivity (Wildman–Crippen MR) is 134 cm³/mol. The molecule has 3 unspecified atom stereocenters. The molecule has 2 aliphatic carbocycles. The van der Waals surface area contributed by atoms with Crippen molar-refractivity contribution in [1.29, 1.82) is 0 Å². The fraction of sp³-hybridized carbons (Fsp3) is 0.704. The van der Waals surface area contributed by atoms with Crippen LogP contribution in [0.2, 0.25) is 0 Å². The highest BCUT2D eigenvalue weighted by molar-refractivity contribution is 5.33. The molecular formula is C27H49N3. The van der Waals surface area contributed by atoms with E-state index in [2.05, 4.69) is 77.2 Å². The first-order valence-corrected chi connectivity index (χ1v) is 12.1. The van der Waals surface area contributed by atoms with E-state index in [1.54, 1.807) is 11.1 Å². The summed E-state index contributed by atoms with van der Waals surface area (Å²) in [6.45, 7) is 17.1. The first-order valence-electron chi connectivity index (χ1n) is 12.1. The highest BCUT2D eigenvalue weighted by Crippen LogP contribution is 2.25. The summed E-state index contributed by atoms with van der Waals surface area (Å²) >= 11 is 0. The van der Waals surface area contributed by atoms with Crippen LogP contribution in [-0.2, 0) is 12.8 Å². The Hall–Kier alpha value is -1.16. The lowest BCUT2D eigenvalue weighted by Gasteiger charge is -2.22. The van der Waals surface area contributed by atoms with E-state index in [4.69, 9.17) is 5.73 Å². The third kappa shape index (κ3) is 10.2. The lowest BCUT2D eigenvalue weighted by molar-refractivity contribution is 0.348. The van der Waals surface area contributed by atoms with E-state index in [0.717, 1.165) is 11.8 Å². The number of aryl methyl sites for hydroxylation is 2. The quantitative estimate of drug-likeness (QED) is 0.420. The number of rotatable bonds is 4. The van der Waals surface area contributed by atoms with E-state index in [1.165, 1.54) is 56.1 Å². The normalized spacial score (nSPS) is 24.9. The Morgan fingerprint density at radius 1 is 1.03 bits per heavy atom. The zero-order valence-electron chi connectivity index (χ0n) is 20.9. The molecule has 172 valence electrons. The third-order valence-corrected chi connectivity index (χ3v) is 6.80. The molecule has 1 saturated carbocycles. The van der Waals surface area contributed by atoms with Gasteiger partial charge < -0.3 is 5.73 Å². The van der Waals surface area contributed by atoms with Gasteiger partial charge in [0.15, 0.2) is 0 Å². The largest absolute Gasteiger partial charge is 0.328 e. The molecule has 2 aliphatic rings. The number of benzene rings is 1. The summed E-state index contributed by atoms with van der Waals surface area (Å²) in [5, 5.41) is 0. The average Bonchev–Trinajstić information content (AvgIpc) is 2.71. The van der Waals surface area contributed by atoms with Gasteiger partial charge in [-0.1, -0.05) is 56.7 Å². The summed E-state index contributed by atoms with van der Waals surface area (Å²) in [5.41, 5.74) is 17.5.